The second kappa shape index (κ2) is 7.17. The van der Waals surface area contributed by atoms with Crippen molar-refractivity contribution in [1.82, 2.24) is 5.32 Å². The van der Waals surface area contributed by atoms with E-state index in [1.54, 1.807) is 0 Å². The summed E-state index contributed by atoms with van der Waals surface area (Å²) in [5, 5.41) is 6.24. The summed E-state index contributed by atoms with van der Waals surface area (Å²) in [6.45, 7) is 10.3. The molecule has 0 heterocycles. The lowest BCUT2D eigenvalue weighted by Gasteiger charge is -2.19. The highest BCUT2D eigenvalue weighted by molar-refractivity contribution is 5.84. The molecule has 1 aromatic rings. The van der Waals surface area contributed by atoms with Crippen molar-refractivity contribution in [2.45, 2.75) is 59.0 Å². The van der Waals surface area contributed by atoms with Crippen molar-refractivity contribution in [1.29, 1.82) is 0 Å². The Bertz CT molecular complexity index is 415. The Balaban J connectivity index is 2.63. The topological polar surface area (TPSA) is 41.1 Å². The summed E-state index contributed by atoms with van der Waals surface area (Å²) in [5.74, 6) is 0.537. The highest BCUT2D eigenvalue weighted by atomic mass is 16.2. The van der Waals surface area contributed by atoms with Crippen LogP contribution in [0.5, 0.6) is 0 Å². The van der Waals surface area contributed by atoms with Gasteiger partial charge >= 0.3 is 0 Å². The van der Waals surface area contributed by atoms with E-state index >= 15 is 0 Å². The molecule has 2 atom stereocenters. The maximum Gasteiger partial charge on any atom is 0.242 e. The average molecular weight is 262 g/mol. The highest BCUT2D eigenvalue weighted by Gasteiger charge is 2.14. The van der Waals surface area contributed by atoms with E-state index in [9.17, 15) is 4.79 Å². The monoisotopic (exact) mass is 262 g/mol. The van der Waals surface area contributed by atoms with Crippen LogP contribution in [0, 0.1) is 0 Å². The number of hydrogen-bond acceptors (Lipinski definition) is 2. The number of hydrogen-bond donors (Lipinski definition) is 2. The molecule has 0 aliphatic heterocycles. The van der Waals surface area contributed by atoms with E-state index in [0.717, 1.165) is 12.1 Å². The Labute approximate surface area is 116 Å². The van der Waals surface area contributed by atoms with Gasteiger partial charge in [-0.3, -0.25) is 4.79 Å². The van der Waals surface area contributed by atoms with Gasteiger partial charge in [0.05, 0.1) is 0 Å². The first-order chi connectivity index (χ1) is 8.93. The van der Waals surface area contributed by atoms with Gasteiger partial charge in [0.2, 0.25) is 5.91 Å². The molecule has 0 fully saturated rings. The Hall–Kier alpha value is -1.51. The Morgan fingerprint density at radius 2 is 1.89 bits per heavy atom. The zero-order chi connectivity index (χ0) is 14.4. The van der Waals surface area contributed by atoms with Crippen LogP contribution in [0.3, 0.4) is 0 Å². The number of nitrogens with one attached hydrogen (secondary N) is 2. The zero-order valence-corrected chi connectivity index (χ0v) is 12.7. The second-order valence-corrected chi connectivity index (χ2v) is 5.46. The first-order valence-corrected chi connectivity index (χ1v) is 7.10. The van der Waals surface area contributed by atoms with Crippen LogP contribution in [-0.2, 0) is 4.79 Å². The van der Waals surface area contributed by atoms with Gasteiger partial charge in [-0.15, -0.1) is 0 Å². The molecule has 1 aromatic carbocycles. The third-order valence-corrected chi connectivity index (χ3v) is 3.33. The van der Waals surface area contributed by atoms with E-state index in [1.807, 2.05) is 26.0 Å². The van der Waals surface area contributed by atoms with E-state index in [2.05, 4.69) is 43.5 Å². The standard InChI is InChI=1S/C16H26N2O/c1-6-12(4)17-16(19)13(5)18-15-9-7-8-14(10-15)11(2)3/h7-13,18H,6H2,1-5H3,(H,17,19). The molecular weight excluding hydrogens is 236 g/mol. The molecule has 0 saturated heterocycles. The quantitative estimate of drug-likeness (QED) is 0.823. The van der Waals surface area contributed by atoms with Gasteiger partial charge in [-0.1, -0.05) is 32.9 Å². The lowest BCUT2D eigenvalue weighted by Crippen LogP contribution is -2.41. The van der Waals surface area contributed by atoms with E-state index in [4.69, 9.17) is 0 Å². The highest BCUT2D eigenvalue weighted by Crippen LogP contribution is 2.19. The van der Waals surface area contributed by atoms with Crippen LogP contribution >= 0.6 is 0 Å². The third-order valence-electron chi connectivity index (χ3n) is 3.33. The molecule has 0 aromatic heterocycles. The molecule has 1 amide bonds. The van der Waals surface area contributed by atoms with Crippen molar-refractivity contribution in [2.75, 3.05) is 5.32 Å². The van der Waals surface area contributed by atoms with Gasteiger partial charge in [0, 0.05) is 11.7 Å². The molecule has 0 aliphatic rings. The summed E-state index contributed by atoms with van der Waals surface area (Å²) in [6, 6.07) is 8.24. The number of carbonyl (C=O) groups excluding carboxylic acids is 1. The van der Waals surface area contributed by atoms with Crippen molar-refractivity contribution in [3.8, 4) is 0 Å². The molecule has 1 rings (SSSR count). The molecule has 3 heteroatoms. The number of carbonyl (C=O) groups is 1. The van der Waals surface area contributed by atoms with Crippen LogP contribution < -0.4 is 10.6 Å². The Kier molecular flexibility index (Phi) is 5.87. The van der Waals surface area contributed by atoms with Crippen LogP contribution in [-0.4, -0.2) is 18.0 Å². The summed E-state index contributed by atoms with van der Waals surface area (Å²) in [4.78, 5) is 12.0. The fraction of sp³-hybridized carbons (Fsp3) is 0.562. The van der Waals surface area contributed by atoms with E-state index in [1.165, 1.54) is 5.56 Å². The molecule has 0 spiro atoms. The number of amides is 1. The summed E-state index contributed by atoms with van der Waals surface area (Å²) in [6.07, 6.45) is 0.946. The van der Waals surface area contributed by atoms with E-state index in [-0.39, 0.29) is 18.0 Å². The molecule has 0 saturated carbocycles. The Morgan fingerprint density at radius 3 is 2.47 bits per heavy atom. The van der Waals surface area contributed by atoms with Crippen LogP contribution in [0.4, 0.5) is 5.69 Å². The third kappa shape index (κ3) is 4.93. The smallest absolute Gasteiger partial charge is 0.242 e. The largest absolute Gasteiger partial charge is 0.374 e. The molecular formula is C16H26N2O. The first kappa shape index (κ1) is 15.5. The molecule has 0 bridgehead atoms. The number of rotatable bonds is 6. The van der Waals surface area contributed by atoms with Gasteiger partial charge in [-0.05, 0) is 43.9 Å². The minimum Gasteiger partial charge on any atom is -0.374 e. The summed E-state index contributed by atoms with van der Waals surface area (Å²) >= 11 is 0. The molecule has 0 radical (unpaired) electrons. The molecule has 19 heavy (non-hydrogen) atoms. The van der Waals surface area contributed by atoms with Crippen molar-refractivity contribution < 1.29 is 4.79 Å². The lowest BCUT2D eigenvalue weighted by molar-refractivity contribution is -0.122. The predicted octanol–water partition coefficient (Wildman–Crippen LogP) is 3.53. The van der Waals surface area contributed by atoms with Crippen LogP contribution in [0.1, 0.15) is 52.5 Å². The second-order valence-electron chi connectivity index (χ2n) is 5.46. The molecule has 2 N–H and O–H groups in total. The van der Waals surface area contributed by atoms with Crippen molar-refractivity contribution in [2.24, 2.45) is 0 Å². The fourth-order valence-corrected chi connectivity index (χ4v) is 1.77. The van der Waals surface area contributed by atoms with Crippen LogP contribution in [0.25, 0.3) is 0 Å². The minimum atomic E-state index is -0.226. The van der Waals surface area contributed by atoms with E-state index < -0.39 is 0 Å². The summed E-state index contributed by atoms with van der Waals surface area (Å²) in [7, 11) is 0. The van der Waals surface area contributed by atoms with Crippen molar-refractivity contribution in [3.63, 3.8) is 0 Å². The summed E-state index contributed by atoms with van der Waals surface area (Å²) in [5.41, 5.74) is 2.28. The van der Waals surface area contributed by atoms with Gasteiger partial charge in [-0.25, -0.2) is 0 Å². The molecule has 3 nitrogen and oxygen atoms in total. The van der Waals surface area contributed by atoms with Gasteiger partial charge in [0.1, 0.15) is 6.04 Å². The van der Waals surface area contributed by atoms with Crippen molar-refractivity contribution >= 4 is 11.6 Å². The number of anilines is 1. The van der Waals surface area contributed by atoms with Gasteiger partial charge in [0.25, 0.3) is 0 Å². The maximum absolute atomic E-state index is 12.0. The predicted molar refractivity (Wildman–Crippen MR) is 81.5 cm³/mol. The first-order valence-electron chi connectivity index (χ1n) is 7.10. The normalized spacial score (nSPS) is 14.0. The molecule has 0 aliphatic carbocycles. The fourth-order valence-electron chi connectivity index (χ4n) is 1.77. The molecule has 2 unspecified atom stereocenters. The number of benzene rings is 1. The maximum atomic E-state index is 12.0. The lowest BCUT2D eigenvalue weighted by atomic mass is 10.0. The van der Waals surface area contributed by atoms with Crippen molar-refractivity contribution in [3.05, 3.63) is 29.8 Å². The van der Waals surface area contributed by atoms with Crippen LogP contribution in [0.15, 0.2) is 24.3 Å². The van der Waals surface area contributed by atoms with Gasteiger partial charge in [-0.2, -0.15) is 0 Å². The summed E-state index contributed by atoms with van der Waals surface area (Å²) < 4.78 is 0. The van der Waals surface area contributed by atoms with Gasteiger partial charge < -0.3 is 10.6 Å². The van der Waals surface area contributed by atoms with E-state index in [0.29, 0.717) is 5.92 Å². The van der Waals surface area contributed by atoms with Gasteiger partial charge in [0.15, 0.2) is 0 Å². The SMILES string of the molecule is CCC(C)NC(=O)C(C)Nc1cccc(C(C)C)c1. The molecule has 106 valence electrons. The minimum absolute atomic E-state index is 0.0456. The average Bonchev–Trinajstić information content (AvgIpc) is 2.38. The Morgan fingerprint density at radius 1 is 1.21 bits per heavy atom. The van der Waals surface area contributed by atoms with Crippen LogP contribution in [0.2, 0.25) is 0 Å². The zero-order valence-electron chi connectivity index (χ0n) is 12.7.